The maximum atomic E-state index is 12.7. The Hall–Kier alpha value is -3.08. The first-order valence-corrected chi connectivity index (χ1v) is 8.80. The summed E-state index contributed by atoms with van der Waals surface area (Å²) in [7, 11) is 0. The zero-order chi connectivity index (χ0) is 18.5. The van der Waals surface area contributed by atoms with E-state index in [0.717, 1.165) is 31.2 Å². The Morgan fingerprint density at radius 2 is 1.85 bits per heavy atom. The first-order chi connectivity index (χ1) is 12.6. The van der Waals surface area contributed by atoms with Crippen LogP contribution in [0.3, 0.4) is 0 Å². The van der Waals surface area contributed by atoms with E-state index in [1.165, 1.54) is 0 Å². The molecule has 2 aromatic carbocycles. The zero-order valence-electron chi connectivity index (χ0n) is 14.7. The molecule has 5 nitrogen and oxygen atoms in total. The highest BCUT2D eigenvalue weighted by atomic mass is 16.3. The lowest BCUT2D eigenvalue weighted by molar-refractivity contribution is 0.102. The van der Waals surface area contributed by atoms with Crippen molar-refractivity contribution >= 4 is 22.5 Å². The number of carbonyl (C=O) groups is 1. The van der Waals surface area contributed by atoms with Gasteiger partial charge in [0.05, 0.1) is 5.52 Å². The third-order valence-corrected chi connectivity index (χ3v) is 4.35. The van der Waals surface area contributed by atoms with Crippen LogP contribution in [-0.2, 0) is 6.42 Å². The van der Waals surface area contributed by atoms with E-state index in [0.29, 0.717) is 16.5 Å². The Morgan fingerprint density at radius 3 is 2.58 bits per heavy atom. The van der Waals surface area contributed by atoms with Crippen molar-refractivity contribution in [2.24, 2.45) is 0 Å². The van der Waals surface area contributed by atoms with E-state index in [-0.39, 0.29) is 17.2 Å². The molecule has 1 heterocycles. The fourth-order valence-corrected chi connectivity index (χ4v) is 3.00. The van der Waals surface area contributed by atoms with Crippen molar-refractivity contribution in [2.45, 2.75) is 32.6 Å². The number of nitrogens with one attached hydrogen (secondary N) is 1. The van der Waals surface area contributed by atoms with Crippen LogP contribution in [0.15, 0.2) is 48.7 Å². The minimum atomic E-state index is -0.409. The summed E-state index contributed by atoms with van der Waals surface area (Å²) < 4.78 is 0. The molecule has 0 aliphatic heterocycles. The first-order valence-electron chi connectivity index (χ1n) is 8.80. The number of hydrogen-bond donors (Lipinski definition) is 3. The van der Waals surface area contributed by atoms with E-state index in [1.54, 1.807) is 36.5 Å². The second-order valence-corrected chi connectivity index (χ2v) is 6.30. The summed E-state index contributed by atoms with van der Waals surface area (Å²) in [5, 5.41) is 23.8. The Balaban J connectivity index is 1.85. The van der Waals surface area contributed by atoms with Gasteiger partial charge in [0.15, 0.2) is 0 Å². The van der Waals surface area contributed by atoms with Crippen LogP contribution in [0.25, 0.3) is 10.9 Å². The number of aryl methyl sites for hydroxylation is 1. The van der Waals surface area contributed by atoms with Gasteiger partial charge >= 0.3 is 0 Å². The Bertz CT molecular complexity index is 909. The van der Waals surface area contributed by atoms with E-state index in [1.807, 2.05) is 12.1 Å². The number of aromatic hydroxyl groups is 2. The number of fused-ring (bicyclic) bond motifs is 1. The SMILES string of the molecule is CCCCCc1cc(O)c(NC(=O)c2cccc3ncccc23)c(O)c1. The van der Waals surface area contributed by atoms with Gasteiger partial charge in [0.2, 0.25) is 0 Å². The predicted molar refractivity (Wildman–Crippen MR) is 103 cm³/mol. The smallest absolute Gasteiger partial charge is 0.256 e. The number of phenols is 2. The highest BCUT2D eigenvalue weighted by molar-refractivity contribution is 6.13. The molecule has 0 atom stereocenters. The molecule has 0 fully saturated rings. The summed E-state index contributed by atoms with van der Waals surface area (Å²) in [6.07, 6.45) is 5.63. The fourth-order valence-electron chi connectivity index (χ4n) is 3.00. The van der Waals surface area contributed by atoms with Crippen molar-refractivity contribution in [3.05, 3.63) is 59.8 Å². The van der Waals surface area contributed by atoms with Gasteiger partial charge in [-0.25, -0.2) is 0 Å². The molecule has 0 spiro atoms. The lowest BCUT2D eigenvalue weighted by atomic mass is 10.0. The number of anilines is 1. The highest BCUT2D eigenvalue weighted by Crippen LogP contribution is 2.35. The molecule has 26 heavy (non-hydrogen) atoms. The second-order valence-electron chi connectivity index (χ2n) is 6.30. The number of aromatic nitrogens is 1. The van der Waals surface area contributed by atoms with Crippen LogP contribution >= 0.6 is 0 Å². The third-order valence-electron chi connectivity index (χ3n) is 4.35. The lowest BCUT2D eigenvalue weighted by Gasteiger charge is -2.12. The number of nitrogens with zero attached hydrogens (tertiary/aromatic N) is 1. The molecule has 0 radical (unpaired) electrons. The van der Waals surface area contributed by atoms with Crippen molar-refractivity contribution in [2.75, 3.05) is 5.32 Å². The standard InChI is InChI=1S/C21H22N2O3/c1-2-3-4-7-14-12-18(24)20(19(25)13-14)23-21(26)16-8-5-10-17-15(16)9-6-11-22-17/h5-6,8-13,24-25H,2-4,7H2,1H3,(H,23,26). The molecule has 5 heteroatoms. The van der Waals surface area contributed by atoms with Crippen LogP contribution in [0.5, 0.6) is 11.5 Å². The molecule has 0 saturated heterocycles. The van der Waals surface area contributed by atoms with Gasteiger partial charge in [0.1, 0.15) is 17.2 Å². The largest absolute Gasteiger partial charge is 0.506 e. The monoisotopic (exact) mass is 350 g/mol. The third kappa shape index (κ3) is 3.77. The number of phenolic OH excluding ortho intramolecular Hbond substituents is 2. The summed E-state index contributed by atoms with van der Waals surface area (Å²) in [6.45, 7) is 2.12. The van der Waals surface area contributed by atoms with Crippen LogP contribution in [0.2, 0.25) is 0 Å². The molecule has 1 amide bonds. The van der Waals surface area contributed by atoms with E-state index in [4.69, 9.17) is 0 Å². The minimum absolute atomic E-state index is 0.0233. The molecule has 3 aromatic rings. The van der Waals surface area contributed by atoms with Crippen molar-refractivity contribution < 1.29 is 15.0 Å². The average molecular weight is 350 g/mol. The predicted octanol–water partition coefficient (Wildman–Crippen LogP) is 4.63. The van der Waals surface area contributed by atoms with Crippen LogP contribution in [-0.4, -0.2) is 21.1 Å². The normalized spacial score (nSPS) is 10.8. The summed E-state index contributed by atoms with van der Waals surface area (Å²) in [4.78, 5) is 16.9. The van der Waals surface area contributed by atoms with Crippen LogP contribution in [0.4, 0.5) is 5.69 Å². The van der Waals surface area contributed by atoms with Crippen LogP contribution in [0, 0.1) is 0 Å². The van der Waals surface area contributed by atoms with Crippen molar-refractivity contribution in [3.63, 3.8) is 0 Å². The number of amides is 1. The molecule has 3 N–H and O–H groups in total. The fraction of sp³-hybridized carbons (Fsp3) is 0.238. The van der Waals surface area contributed by atoms with Gasteiger partial charge in [-0.05, 0) is 48.7 Å². The van der Waals surface area contributed by atoms with Crippen molar-refractivity contribution in [3.8, 4) is 11.5 Å². The number of benzene rings is 2. The highest BCUT2D eigenvalue weighted by Gasteiger charge is 2.16. The van der Waals surface area contributed by atoms with E-state index < -0.39 is 5.91 Å². The minimum Gasteiger partial charge on any atom is -0.506 e. The first kappa shape index (κ1) is 17.7. The van der Waals surface area contributed by atoms with E-state index in [9.17, 15) is 15.0 Å². The molecule has 134 valence electrons. The second kappa shape index (κ2) is 7.87. The maximum absolute atomic E-state index is 12.7. The van der Waals surface area contributed by atoms with Gasteiger partial charge < -0.3 is 15.5 Å². The van der Waals surface area contributed by atoms with Gasteiger partial charge in [0.25, 0.3) is 5.91 Å². The van der Waals surface area contributed by atoms with Gasteiger partial charge in [-0.1, -0.05) is 31.9 Å². The van der Waals surface area contributed by atoms with Gasteiger partial charge in [0, 0.05) is 17.1 Å². The molecule has 0 aliphatic rings. The summed E-state index contributed by atoms with van der Waals surface area (Å²) >= 11 is 0. The van der Waals surface area contributed by atoms with Crippen LogP contribution in [0.1, 0.15) is 42.1 Å². The molecule has 0 aliphatic carbocycles. The molecular weight excluding hydrogens is 328 g/mol. The number of hydrogen-bond acceptors (Lipinski definition) is 4. The topological polar surface area (TPSA) is 82.5 Å². The van der Waals surface area contributed by atoms with E-state index in [2.05, 4.69) is 17.2 Å². The number of carbonyl (C=O) groups excluding carboxylic acids is 1. The van der Waals surface area contributed by atoms with Crippen LogP contribution < -0.4 is 5.32 Å². The maximum Gasteiger partial charge on any atom is 0.256 e. The molecule has 3 rings (SSSR count). The Kier molecular flexibility index (Phi) is 5.37. The van der Waals surface area contributed by atoms with Gasteiger partial charge in [-0.15, -0.1) is 0 Å². The Labute approximate surface area is 152 Å². The Morgan fingerprint density at radius 1 is 1.08 bits per heavy atom. The molecule has 1 aromatic heterocycles. The number of unbranched alkanes of at least 4 members (excludes halogenated alkanes) is 2. The van der Waals surface area contributed by atoms with Gasteiger partial charge in [-0.3, -0.25) is 9.78 Å². The molecule has 0 saturated carbocycles. The summed E-state index contributed by atoms with van der Waals surface area (Å²) in [5.41, 5.74) is 2.01. The number of rotatable bonds is 6. The number of pyridine rings is 1. The van der Waals surface area contributed by atoms with E-state index >= 15 is 0 Å². The molecule has 0 unspecified atom stereocenters. The lowest BCUT2D eigenvalue weighted by Crippen LogP contribution is -2.13. The molecule has 0 bridgehead atoms. The quantitative estimate of drug-likeness (QED) is 0.447. The molecular formula is C21H22N2O3. The van der Waals surface area contributed by atoms with Crippen molar-refractivity contribution in [1.82, 2.24) is 4.98 Å². The average Bonchev–Trinajstić information content (AvgIpc) is 2.64. The summed E-state index contributed by atoms with van der Waals surface area (Å²) in [6, 6.07) is 12.0. The zero-order valence-corrected chi connectivity index (χ0v) is 14.7. The van der Waals surface area contributed by atoms with Crippen molar-refractivity contribution in [1.29, 1.82) is 0 Å². The summed E-state index contributed by atoms with van der Waals surface area (Å²) in [5.74, 6) is -0.681. The van der Waals surface area contributed by atoms with Gasteiger partial charge in [-0.2, -0.15) is 0 Å².